The van der Waals surface area contributed by atoms with Crippen LogP contribution in [0, 0.1) is 0 Å². The summed E-state index contributed by atoms with van der Waals surface area (Å²) in [4.78, 5) is 13.4. The van der Waals surface area contributed by atoms with Crippen molar-refractivity contribution in [2.24, 2.45) is 0 Å². The van der Waals surface area contributed by atoms with E-state index in [0.717, 1.165) is 0 Å². The fourth-order valence-corrected chi connectivity index (χ4v) is 1.36. The van der Waals surface area contributed by atoms with Crippen molar-refractivity contribution >= 4 is 17.9 Å². The van der Waals surface area contributed by atoms with Gasteiger partial charge in [-0.25, -0.2) is 8.78 Å². The Morgan fingerprint density at radius 3 is 2.31 bits per heavy atom. The number of carbonyl (C=O) groups excluding carboxylic acids is 1. The number of rotatable bonds is 2. The SMILES string of the molecule is O=Cc1c(C(F)F)ncc(Cl)c1C(F)(F)F. The first-order chi connectivity index (χ1) is 7.29. The zero-order chi connectivity index (χ0) is 12.5. The van der Waals surface area contributed by atoms with Gasteiger partial charge in [0.15, 0.2) is 6.29 Å². The molecule has 1 aromatic rings. The number of nitrogens with zero attached hydrogens (tertiary/aromatic N) is 1. The first kappa shape index (κ1) is 12.8. The third-order valence-electron chi connectivity index (χ3n) is 1.71. The first-order valence-corrected chi connectivity index (χ1v) is 4.15. The lowest BCUT2D eigenvalue weighted by Crippen LogP contribution is -2.13. The number of aromatic nitrogens is 1. The van der Waals surface area contributed by atoms with Crippen LogP contribution in [0.5, 0.6) is 0 Å². The Bertz CT molecular complexity index is 418. The summed E-state index contributed by atoms with van der Waals surface area (Å²) in [6.07, 6.45) is -8.15. The number of halogens is 6. The fraction of sp³-hybridized carbons (Fsp3) is 0.250. The van der Waals surface area contributed by atoms with E-state index in [4.69, 9.17) is 11.6 Å². The number of carbonyl (C=O) groups is 1. The molecule has 1 aromatic heterocycles. The molecule has 0 aliphatic heterocycles. The van der Waals surface area contributed by atoms with Crippen LogP contribution >= 0.6 is 11.6 Å². The van der Waals surface area contributed by atoms with E-state index < -0.39 is 34.4 Å². The van der Waals surface area contributed by atoms with Crippen molar-refractivity contribution in [2.75, 3.05) is 0 Å². The molecule has 2 nitrogen and oxygen atoms in total. The summed E-state index contributed by atoms with van der Waals surface area (Å²) in [6.45, 7) is 0. The van der Waals surface area contributed by atoms with Crippen LogP contribution < -0.4 is 0 Å². The molecule has 0 spiro atoms. The van der Waals surface area contributed by atoms with Crippen LogP contribution in [0.3, 0.4) is 0 Å². The zero-order valence-electron chi connectivity index (χ0n) is 7.36. The van der Waals surface area contributed by atoms with E-state index >= 15 is 0 Å². The van der Waals surface area contributed by atoms with Crippen LogP contribution in [-0.4, -0.2) is 11.3 Å². The Labute approximate surface area is 91.0 Å². The average Bonchev–Trinajstić information content (AvgIpc) is 2.14. The van der Waals surface area contributed by atoms with Crippen LogP contribution in [0.15, 0.2) is 6.20 Å². The molecule has 0 fully saturated rings. The minimum atomic E-state index is -4.99. The van der Waals surface area contributed by atoms with Crippen molar-refractivity contribution in [3.8, 4) is 0 Å². The van der Waals surface area contributed by atoms with Crippen LogP contribution in [-0.2, 0) is 6.18 Å². The minimum Gasteiger partial charge on any atom is -0.298 e. The Morgan fingerprint density at radius 1 is 1.38 bits per heavy atom. The van der Waals surface area contributed by atoms with E-state index in [2.05, 4.69) is 4.98 Å². The molecule has 8 heteroatoms. The second-order valence-corrected chi connectivity index (χ2v) is 3.10. The van der Waals surface area contributed by atoms with E-state index in [1.165, 1.54) is 0 Å². The zero-order valence-corrected chi connectivity index (χ0v) is 8.11. The lowest BCUT2D eigenvalue weighted by molar-refractivity contribution is -0.137. The maximum absolute atomic E-state index is 12.4. The van der Waals surface area contributed by atoms with E-state index in [0.29, 0.717) is 6.20 Å². The topological polar surface area (TPSA) is 30.0 Å². The second kappa shape index (κ2) is 4.32. The molecule has 0 radical (unpaired) electrons. The van der Waals surface area contributed by atoms with Gasteiger partial charge in [-0.05, 0) is 0 Å². The van der Waals surface area contributed by atoms with Gasteiger partial charge in [0.25, 0.3) is 6.43 Å². The van der Waals surface area contributed by atoms with E-state index in [-0.39, 0.29) is 6.29 Å². The third-order valence-corrected chi connectivity index (χ3v) is 2.00. The summed E-state index contributed by atoms with van der Waals surface area (Å²) in [5.74, 6) is 0. The van der Waals surface area contributed by atoms with Crippen molar-refractivity contribution in [1.29, 1.82) is 0 Å². The van der Waals surface area contributed by atoms with Gasteiger partial charge in [0.2, 0.25) is 0 Å². The highest BCUT2D eigenvalue weighted by Crippen LogP contribution is 2.38. The van der Waals surface area contributed by atoms with E-state index in [9.17, 15) is 26.7 Å². The quantitative estimate of drug-likeness (QED) is 0.601. The van der Waals surface area contributed by atoms with Gasteiger partial charge < -0.3 is 0 Å². The normalized spacial score (nSPS) is 11.9. The van der Waals surface area contributed by atoms with Gasteiger partial charge in [0.05, 0.1) is 16.1 Å². The largest absolute Gasteiger partial charge is 0.418 e. The molecule has 0 N–H and O–H groups in total. The summed E-state index contributed by atoms with van der Waals surface area (Å²) in [5, 5.41) is -0.890. The maximum atomic E-state index is 12.4. The number of alkyl halides is 5. The van der Waals surface area contributed by atoms with Crippen molar-refractivity contribution in [3.63, 3.8) is 0 Å². The Balaban J connectivity index is 3.57. The highest BCUT2D eigenvalue weighted by molar-refractivity contribution is 6.31. The molecule has 0 saturated heterocycles. The van der Waals surface area contributed by atoms with Crippen molar-refractivity contribution < 1.29 is 26.7 Å². The van der Waals surface area contributed by atoms with Gasteiger partial charge in [-0.3, -0.25) is 9.78 Å². The highest BCUT2D eigenvalue weighted by atomic mass is 35.5. The molecule has 0 unspecified atom stereocenters. The molecule has 0 aromatic carbocycles. The lowest BCUT2D eigenvalue weighted by Gasteiger charge is -2.13. The molecular weight excluding hydrogens is 257 g/mol. The number of aldehydes is 1. The predicted octanol–water partition coefficient (Wildman–Crippen LogP) is 3.50. The smallest absolute Gasteiger partial charge is 0.298 e. The van der Waals surface area contributed by atoms with E-state index in [1.807, 2.05) is 0 Å². The average molecular weight is 260 g/mol. The van der Waals surface area contributed by atoms with Gasteiger partial charge in [0, 0.05) is 6.20 Å². The molecule has 0 aliphatic carbocycles. The third kappa shape index (κ3) is 2.29. The summed E-state index contributed by atoms with van der Waals surface area (Å²) < 4.78 is 61.8. The predicted molar refractivity (Wildman–Crippen MR) is 44.6 cm³/mol. The van der Waals surface area contributed by atoms with E-state index in [1.54, 1.807) is 0 Å². The Kier molecular flexibility index (Phi) is 3.47. The van der Waals surface area contributed by atoms with Crippen molar-refractivity contribution in [2.45, 2.75) is 12.6 Å². The summed E-state index contributed by atoms with van der Waals surface area (Å²) in [7, 11) is 0. The molecule has 0 atom stereocenters. The molecule has 0 aliphatic rings. The van der Waals surface area contributed by atoms with Crippen LogP contribution in [0.25, 0.3) is 0 Å². The molecule has 0 bridgehead atoms. The van der Waals surface area contributed by atoms with Gasteiger partial charge in [-0.15, -0.1) is 0 Å². The first-order valence-electron chi connectivity index (χ1n) is 3.78. The van der Waals surface area contributed by atoms with Crippen molar-refractivity contribution in [1.82, 2.24) is 4.98 Å². The summed E-state index contributed by atoms with van der Waals surface area (Å²) in [6, 6.07) is 0. The van der Waals surface area contributed by atoms with Crippen LogP contribution in [0.4, 0.5) is 22.0 Å². The maximum Gasteiger partial charge on any atom is 0.418 e. The Hall–Kier alpha value is -1.24. The molecule has 16 heavy (non-hydrogen) atoms. The minimum absolute atomic E-state index is 0.330. The highest BCUT2D eigenvalue weighted by Gasteiger charge is 2.38. The van der Waals surface area contributed by atoms with Crippen LogP contribution in [0.2, 0.25) is 5.02 Å². The molecule has 0 amide bonds. The Morgan fingerprint density at radius 2 is 1.94 bits per heavy atom. The fourth-order valence-electron chi connectivity index (χ4n) is 1.10. The lowest BCUT2D eigenvalue weighted by atomic mass is 10.1. The number of pyridine rings is 1. The van der Waals surface area contributed by atoms with Gasteiger partial charge in [-0.1, -0.05) is 11.6 Å². The van der Waals surface area contributed by atoms with Gasteiger partial charge in [-0.2, -0.15) is 13.2 Å². The molecule has 0 saturated carbocycles. The molecular formula is C8H3ClF5NO. The van der Waals surface area contributed by atoms with Crippen molar-refractivity contribution in [3.05, 3.63) is 28.0 Å². The monoisotopic (exact) mass is 259 g/mol. The summed E-state index contributed by atoms with van der Waals surface area (Å²) in [5.41, 5.74) is -4.05. The van der Waals surface area contributed by atoms with Gasteiger partial charge >= 0.3 is 6.18 Å². The second-order valence-electron chi connectivity index (χ2n) is 2.70. The molecule has 1 heterocycles. The molecule has 1 rings (SSSR count). The standard InChI is InChI=1S/C8H3ClF5NO/c9-4-1-15-6(7(10)11)3(2-16)5(4)8(12,13)14/h1-2,7H. The summed E-state index contributed by atoms with van der Waals surface area (Å²) >= 11 is 5.18. The number of hydrogen-bond acceptors (Lipinski definition) is 2. The van der Waals surface area contributed by atoms with Crippen LogP contribution in [0.1, 0.15) is 28.0 Å². The molecule has 88 valence electrons. The number of hydrogen-bond donors (Lipinski definition) is 0. The van der Waals surface area contributed by atoms with Gasteiger partial charge in [0.1, 0.15) is 5.69 Å².